The number of nitrogens with zero attached hydrogens (tertiary/aromatic N) is 3. The summed E-state index contributed by atoms with van der Waals surface area (Å²) in [5.74, 6) is 0.612. The standard InChI is InChI=1S/C33H48N6O3S/c1-5-27(40)39-19-18-38(20-25(39)13-16-34)31-26-12-15-33(14-11-24-10-6-9-23(3)29(24)43-33)30(41)28(26)36-32(37-31)42-21-22(2)8-7-17-35-4/h5-6,9-10,22,25-26,28,31-32,35-37H,1,7-8,11-15,17-21H2,2-4H3/t22?,25?,26?,28?,31?,32?,33-/m0/s1. The SMILES string of the molecule is C=CC(=O)N1CCN(C2NC(OCC(C)CCCNC)NC3C(=O)[C@]4(CCc5cccc(C)c5S4)CCC32)CC1CC#N. The van der Waals surface area contributed by atoms with Gasteiger partial charge in [0, 0.05) is 30.4 Å². The number of hydrogen-bond acceptors (Lipinski definition) is 9. The van der Waals surface area contributed by atoms with Crippen LogP contribution in [0.4, 0.5) is 0 Å². The monoisotopic (exact) mass is 608 g/mol. The molecule has 7 atom stereocenters. The van der Waals surface area contributed by atoms with Gasteiger partial charge >= 0.3 is 0 Å². The number of nitriles is 1. The number of hydrogen-bond donors (Lipinski definition) is 3. The van der Waals surface area contributed by atoms with Crippen LogP contribution in [0.3, 0.4) is 0 Å². The van der Waals surface area contributed by atoms with Crippen LogP contribution in [0.15, 0.2) is 35.7 Å². The highest BCUT2D eigenvalue weighted by atomic mass is 32.2. The van der Waals surface area contributed by atoms with Crippen molar-refractivity contribution in [2.24, 2.45) is 11.8 Å². The minimum atomic E-state index is -0.457. The minimum Gasteiger partial charge on any atom is -0.350 e. The van der Waals surface area contributed by atoms with Gasteiger partial charge in [0.2, 0.25) is 5.91 Å². The molecule has 4 aliphatic rings. The lowest BCUT2D eigenvalue weighted by Gasteiger charge is -2.55. The van der Waals surface area contributed by atoms with Crippen molar-refractivity contribution >= 4 is 23.5 Å². The molecular weight excluding hydrogens is 560 g/mol. The molecular formula is C33H48N6O3S. The van der Waals surface area contributed by atoms with Gasteiger partial charge in [-0.1, -0.05) is 31.7 Å². The Kier molecular flexibility index (Phi) is 10.6. The first-order chi connectivity index (χ1) is 20.8. The second-order valence-corrected chi connectivity index (χ2v) is 14.2. The summed E-state index contributed by atoms with van der Waals surface area (Å²) < 4.78 is 6.01. The van der Waals surface area contributed by atoms with Crippen LogP contribution in [0.25, 0.3) is 0 Å². The third-order valence-corrected chi connectivity index (χ3v) is 11.6. The van der Waals surface area contributed by atoms with Crippen LogP contribution in [0.5, 0.6) is 0 Å². The molecule has 3 heterocycles. The summed E-state index contributed by atoms with van der Waals surface area (Å²) in [6.45, 7) is 11.4. The molecule has 1 spiro atoms. The molecule has 10 heteroatoms. The van der Waals surface area contributed by atoms with E-state index in [4.69, 9.17) is 4.74 Å². The molecule has 1 amide bonds. The van der Waals surface area contributed by atoms with Crippen LogP contribution in [0.1, 0.15) is 56.6 Å². The Labute approximate surface area is 261 Å². The van der Waals surface area contributed by atoms with E-state index in [1.165, 1.54) is 22.1 Å². The normalized spacial score (nSPS) is 31.6. The molecule has 1 saturated carbocycles. The number of ether oxygens (including phenoxy) is 1. The Bertz CT molecular complexity index is 1220. The maximum atomic E-state index is 14.6. The fraction of sp³-hybridized carbons (Fsp3) is 0.667. The Morgan fingerprint density at radius 2 is 2.19 bits per heavy atom. The summed E-state index contributed by atoms with van der Waals surface area (Å²) in [4.78, 5) is 32.6. The van der Waals surface area contributed by atoms with Gasteiger partial charge in [0.1, 0.15) is 0 Å². The van der Waals surface area contributed by atoms with Crippen LogP contribution in [-0.2, 0) is 20.7 Å². The number of benzene rings is 1. The Morgan fingerprint density at radius 3 is 2.95 bits per heavy atom. The van der Waals surface area contributed by atoms with Gasteiger partial charge in [-0.25, -0.2) is 0 Å². The van der Waals surface area contributed by atoms with E-state index in [0.717, 1.165) is 45.1 Å². The number of Topliss-reactive ketones (excluding diaryl/α,β-unsaturated/α-hetero) is 1. The quantitative estimate of drug-likeness (QED) is 0.273. The number of fused-ring (bicyclic) bond motifs is 2. The smallest absolute Gasteiger partial charge is 0.246 e. The second-order valence-electron chi connectivity index (χ2n) is 12.8. The lowest BCUT2D eigenvalue weighted by atomic mass is 9.72. The highest BCUT2D eigenvalue weighted by Gasteiger charge is 2.55. The molecule has 3 aliphatic heterocycles. The van der Waals surface area contributed by atoms with Crippen molar-refractivity contribution in [2.75, 3.05) is 39.8 Å². The average Bonchev–Trinajstić information content (AvgIpc) is 3.02. The van der Waals surface area contributed by atoms with E-state index in [2.05, 4.69) is 65.5 Å². The van der Waals surface area contributed by atoms with E-state index in [1.807, 2.05) is 7.05 Å². The number of carbonyl (C=O) groups excluding carboxylic acids is 2. The maximum absolute atomic E-state index is 14.6. The molecule has 1 aromatic carbocycles. The molecule has 234 valence electrons. The lowest BCUT2D eigenvalue weighted by molar-refractivity contribution is -0.145. The number of amides is 1. The molecule has 3 fully saturated rings. The van der Waals surface area contributed by atoms with Crippen molar-refractivity contribution in [1.29, 1.82) is 5.26 Å². The van der Waals surface area contributed by atoms with Crippen molar-refractivity contribution in [3.63, 3.8) is 0 Å². The summed E-state index contributed by atoms with van der Waals surface area (Å²) in [6, 6.07) is 8.20. The van der Waals surface area contributed by atoms with E-state index >= 15 is 0 Å². The van der Waals surface area contributed by atoms with Crippen LogP contribution in [0.2, 0.25) is 0 Å². The van der Waals surface area contributed by atoms with E-state index in [9.17, 15) is 14.9 Å². The number of piperazine rings is 1. The van der Waals surface area contributed by atoms with Gasteiger partial charge in [-0.3, -0.25) is 25.1 Å². The number of carbonyl (C=O) groups is 2. The van der Waals surface area contributed by atoms with Gasteiger partial charge in [0.15, 0.2) is 12.1 Å². The summed E-state index contributed by atoms with van der Waals surface area (Å²) in [5.41, 5.74) is 2.60. The molecule has 1 aromatic rings. The van der Waals surface area contributed by atoms with Crippen molar-refractivity contribution < 1.29 is 14.3 Å². The fourth-order valence-corrected chi connectivity index (χ4v) is 9.02. The molecule has 5 rings (SSSR count). The van der Waals surface area contributed by atoms with E-state index in [0.29, 0.717) is 37.9 Å². The summed E-state index contributed by atoms with van der Waals surface area (Å²) in [6.07, 6.45) is 6.74. The summed E-state index contributed by atoms with van der Waals surface area (Å²) in [7, 11) is 1.97. The first-order valence-corrected chi connectivity index (χ1v) is 16.8. The van der Waals surface area contributed by atoms with E-state index in [-0.39, 0.29) is 36.5 Å². The third-order valence-electron chi connectivity index (χ3n) is 9.85. The fourth-order valence-electron chi connectivity index (χ4n) is 7.45. The van der Waals surface area contributed by atoms with Crippen molar-refractivity contribution in [3.8, 4) is 6.07 Å². The van der Waals surface area contributed by atoms with Crippen LogP contribution >= 0.6 is 11.8 Å². The molecule has 2 saturated heterocycles. The van der Waals surface area contributed by atoms with Crippen molar-refractivity contribution in [2.45, 2.75) is 93.0 Å². The molecule has 9 nitrogen and oxygen atoms in total. The van der Waals surface area contributed by atoms with Crippen LogP contribution in [0, 0.1) is 30.1 Å². The second kappa shape index (κ2) is 14.2. The van der Waals surface area contributed by atoms with Gasteiger partial charge in [0.25, 0.3) is 0 Å². The molecule has 0 radical (unpaired) electrons. The van der Waals surface area contributed by atoms with Crippen molar-refractivity contribution in [1.82, 2.24) is 25.8 Å². The predicted octanol–water partition coefficient (Wildman–Crippen LogP) is 3.19. The van der Waals surface area contributed by atoms with E-state index in [1.54, 1.807) is 16.7 Å². The Balaban J connectivity index is 1.37. The zero-order valence-electron chi connectivity index (χ0n) is 25.9. The maximum Gasteiger partial charge on any atom is 0.246 e. The number of aryl methyl sites for hydroxylation is 2. The molecule has 6 unspecified atom stereocenters. The topological polar surface area (TPSA) is 110 Å². The first kappa shape index (κ1) is 32.1. The highest BCUT2D eigenvalue weighted by Crippen LogP contribution is 2.52. The zero-order valence-corrected chi connectivity index (χ0v) is 26.8. The first-order valence-electron chi connectivity index (χ1n) is 15.9. The van der Waals surface area contributed by atoms with Gasteiger partial charge in [0.05, 0.1) is 42.1 Å². The van der Waals surface area contributed by atoms with Gasteiger partial charge in [-0.05, 0) is 82.2 Å². The minimum absolute atomic E-state index is 0.0642. The molecule has 0 bridgehead atoms. The van der Waals surface area contributed by atoms with Crippen LogP contribution in [-0.4, -0.2) is 90.7 Å². The van der Waals surface area contributed by atoms with Crippen molar-refractivity contribution in [3.05, 3.63) is 42.0 Å². The number of rotatable bonds is 10. The largest absolute Gasteiger partial charge is 0.350 e. The number of nitrogens with one attached hydrogen (secondary N) is 3. The predicted molar refractivity (Wildman–Crippen MR) is 169 cm³/mol. The molecule has 0 aromatic heterocycles. The summed E-state index contributed by atoms with van der Waals surface area (Å²) >= 11 is 1.79. The third kappa shape index (κ3) is 6.87. The van der Waals surface area contributed by atoms with Gasteiger partial charge in [-0.15, -0.1) is 11.8 Å². The Morgan fingerprint density at radius 1 is 1.35 bits per heavy atom. The van der Waals surface area contributed by atoms with Gasteiger partial charge < -0.3 is 15.0 Å². The molecule has 3 N–H and O–H groups in total. The molecule has 1 aliphatic carbocycles. The molecule has 43 heavy (non-hydrogen) atoms. The van der Waals surface area contributed by atoms with Gasteiger partial charge in [-0.2, -0.15) is 5.26 Å². The number of thioether (sulfide) groups is 1. The Hall–Kier alpha value is -2.26. The highest BCUT2D eigenvalue weighted by molar-refractivity contribution is 8.01. The summed E-state index contributed by atoms with van der Waals surface area (Å²) in [5, 5.41) is 20.1. The average molecular weight is 609 g/mol. The van der Waals surface area contributed by atoms with E-state index < -0.39 is 11.1 Å². The number of ketones is 1. The lowest BCUT2D eigenvalue weighted by Crippen LogP contribution is -2.75. The zero-order chi connectivity index (χ0) is 30.6. The van der Waals surface area contributed by atoms with Crippen LogP contribution < -0.4 is 16.0 Å².